The zero-order chi connectivity index (χ0) is 9.14. The van der Waals surface area contributed by atoms with Crippen LogP contribution in [0.5, 0.6) is 0 Å². The molecule has 0 aliphatic carbocycles. The molecule has 0 atom stereocenters. The van der Waals surface area contributed by atoms with E-state index in [1.807, 2.05) is 0 Å². The average molecular weight is 222 g/mol. The zero-order valence-corrected chi connectivity index (χ0v) is 8.25. The Morgan fingerprint density at radius 2 is 2.08 bits per heavy atom. The summed E-state index contributed by atoms with van der Waals surface area (Å²) < 4.78 is 0. The summed E-state index contributed by atoms with van der Waals surface area (Å²) in [5.41, 5.74) is 0.501. The van der Waals surface area contributed by atoms with Crippen LogP contribution < -0.4 is 5.32 Å². The van der Waals surface area contributed by atoms with Gasteiger partial charge in [0.2, 0.25) is 0 Å². The van der Waals surface area contributed by atoms with Gasteiger partial charge in [-0.15, -0.1) is 0 Å². The monoisotopic (exact) mass is 221 g/mol. The molecule has 64 valence electrons. The fourth-order valence-corrected chi connectivity index (χ4v) is 1.28. The van der Waals surface area contributed by atoms with Crippen LogP contribution in [0.15, 0.2) is 18.2 Å². The van der Waals surface area contributed by atoms with E-state index in [2.05, 4.69) is 17.9 Å². The van der Waals surface area contributed by atoms with Gasteiger partial charge in [0, 0.05) is 5.02 Å². The van der Waals surface area contributed by atoms with Crippen LogP contribution >= 0.6 is 35.8 Å². The largest absolute Gasteiger partial charge is 0.316 e. The van der Waals surface area contributed by atoms with Crippen LogP contribution in [0.3, 0.4) is 0 Å². The van der Waals surface area contributed by atoms with Crippen molar-refractivity contribution in [1.29, 1.82) is 0 Å². The minimum Gasteiger partial charge on any atom is -0.316 e. The van der Waals surface area contributed by atoms with Gasteiger partial charge >= 0.3 is 0 Å². The number of anilines is 1. The predicted molar refractivity (Wildman–Crippen MR) is 54.5 cm³/mol. The van der Waals surface area contributed by atoms with Crippen LogP contribution in [0.2, 0.25) is 10.0 Å². The summed E-state index contributed by atoms with van der Waals surface area (Å²) in [5, 5.41) is 2.89. The maximum atomic E-state index is 10.5. The van der Waals surface area contributed by atoms with Crippen molar-refractivity contribution in [2.45, 2.75) is 0 Å². The Labute approximate surface area is 85.3 Å². The fraction of sp³-hybridized carbons (Fsp3) is 0. The van der Waals surface area contributed by atoms with Gasteiger partial charge in [-0.25, -0.2) is 0 Å². The lowest BCUT2D eigenvalue weighted by Crippen LogP contribution is -2.01. The van der Waals surface area contributed by atoms with Gasteiger partial charge in [0.1, 0.15) is 0 Å². The lowest BCUT2D eigenvalue weighted by Gasteiger charge is -2.03. The average Bonchev–Trinajstić information content (AvgIpc) is 1.94. The van der Waals surface area contributed by atoms with Gasteiger partial charge in [0.25, 0.3) is 5.24 Å². The highest BCUT2D eigenvalue weighted by molar-refractivity contribution is 7.96. The fourth-order valence-electron chi connectivity index (χ4n) is 0.706. The van der Waals surface area contributed by atoms with Crippen molar-refractivity contribution in [1.82, 2.24) is 0 Å². The Hall–Kier alpha value is -0.380. The van der Waals surface area contributed by atoms with E-state index in [1.54, 1.807) is 18.2 Å². The van der Waals surface area contributed by atoms with Gasteiger partial charge in [-0.2, -0.15) is 0 Å². The second kappa shape index (κ2) is 4.03. The topological polar surface area (TPSA) is 29.1 Å². The summed E-state index contributed by atoms with van der Waals surface area (Å²) >= 11 is 14.9. The van der Waals surface area contributed by atoms with Crippen molar-refractivity contribution in [3.8, 4) is 0 Å². The molecule has 0 unspecified atom stereocenters. The highest BCUT2D eigenvalue weighted by atomic mass is 35.5. The molecule has 0 saturated heterocycles. The third-order valence-corrected chi connectivity index (χ3v) is 1.83. The number of nitrogens with one attached hydrogen (secondary N) is 1. The van der Waals surface area contributed by atoms with Crippen molar-refractivity contribution >= 4 is 46.8 Å². The molecule has 1 rings (SSSR count). The van der Waals surface area contributed by atoms with Crippen LogP contribution in [0, 0.1) is 0 Å². The van der Waals surface area contributed by atoms with Crippen LogP contribution in [0.4, 0.5) is 10.5 Å². The molecule has 5 heteroatoms. The Morgan fingerprint density at radius 3 is 2.58 bits per heavy atom. The van der Waals surface area contributed by atoms with Gasteiger partial charge in [-0.05, 0) is 18.2 Å². The first kappa shape index (κ1) is 9.71. The molecule has 0 aliphatic rings. The number of rotatable bonds is 1. The lowest BCUT2D eigenvalue weighted by atomic mass is 10.3. The predicted octanol–water partition coefficient (Wildman–Crippen LogP) is 3.46. The minimum absolute atomic E-state index is 0.393. The second-order valence-electron chi connectivity index (χ2n) is 2.05. The number of carbonyl (C=O) groups is 1. The van der Waals surface area contributed by atoms with Crippen molar-refractivity contribution < 1.29 is 4.79 Å². The van der Waals surface area contributed by atoms with Gasteiger partial charge in [0.05, 0.1) is 10.7 Å². The van der Waals surface area contributed by atoms with E-state index in [1.165, 1.54) is 0 Å². The third-order valence-electron chi connectivity index (χ3n) is 1.17. The summed E-state index contributed by atoms with van der Waals surface area (Å²) in [7, 11) is 0. The SMILES string of the molecule is O=C(S)Nc1ccc(Cl)cc1Cl. The zero-order valence-electron chi connectivity index (χ0n) is 5.84. The van der Waals surface area contributed by atoms with E-state index in [0.29, 0.717) is 15.7 Å². The highest BCUT2D eigenvalue weighted by Gasteiger charge is 2.01. The Morgan fingerprint density at radius 1 is 1.42 bits per heavy atom. The normalized spacial score (nSPS) is 9.58. The van der Waals surface area contributed by atoms with E-state index in [-0.39, 0.29) is 0 Å². The van der Waals surface area contributed by atoms with Gasteiger partial charge in [-0.3, -0.25) is 4.79 Å². The number of halogens is 2. The third kappa shape index (κ3) is 2.59. The first-order valence-corrected chi connectivity index (χ1v) is 4.25. The molecule has 12 heavy (non-hydrogen) atoms. The quantitative estimate of drug-likeness (QED) is 0.700. The van der Waals surface area contributed by atoms with Gasteiger partial charge < -0.3 is 5.32 Å². The van der Waals surface area contributed by atoms with Gasteiger partial charge in [0.15, 0.2) is 0 Å². The molecule has 0 spiro atoms. The Balaban J connectivity index is 2.93. The smallest absolute Gasteiger partial charge is 0.280 e. The number of benzene rings is 1. The Kier molecular flexibility index (Phi) is 3.26. The van der Waals surface area contributed by atoms with E-state index in [9.17, 15) is 4.79 Å². The van der Waals surface area contributed by atoms with Gasteiger partial charge in [-0.1, -0.05) is 35.8 Å². The molecule has 0 heterocycles. The summed E-state index contributed by atoms with van der Waals surface area (Å²) in [5.74, 6) is 0. The molecule has 0 bridgehead atoms. The number of amides is 1. The number of thiol groups is 1. The molecule has 1 aromatic carbocycles. The molecule has 1 aromatic rings. The standard InChI is InChI=1S/C7H5Cl2NOS/c8-4-1-2-6(5(9)3-4)10-7(11)12/h1-3H,(H2,10,11,12). The minimum atomic E-state index is -0.459. The maximum absolute atomic E-state index is 10.5. The number of hydrogen-bond donors (Lipinski definition) is 2. The summed E-state index contributed by atoms with van der Waals surface area (Å²) in [6.07, 6.45) is 0. The highest BCUT2D eigenvalue weighted by Crippen LogP contribution is 2.25. The summed E-state index contributed by atoms with van der Waals surface area (Å²) in [6, 6.07) is 4.79. The molecular weight excluding hydrogens is 217 g/mol. The van der Waals surface area contributed by atoms with E-state index in [0.717, 1.165) is 0 Å². The van der Waals surface area contributed by atoms with Crippen molar-refractivity contribution in [3.63, 3.8) is 0 Å². The molecule has 2 nitrogen and oxygen atoms in total. The number of hydrogen-bond acceptors (Lipinski definition) is 1. The number of carbonyl (C=O) groups excluding carboxylic acids is 1. The molecule has 0 radical (unpaired) electrons. The Bertz CT molecular complexity index is 316. The van der Waals surface area contributed by atoms with E-state index >= 15 is 0 Å². The second-order valence-corrected chi connectivity index (χ2v) is 3.30. The van der Waals surface area contributed by atoms with Crippen molar-refractivity contribution in [2.75, 3.05) is 5.32 Å². The van der Waals surface area contributed by atoms with Crippen LogP contribution in [0.1, 0.15) is 0 Å². The molecule has 0 fully saturated rings. The van der Waals surface area contributed by atoms with Crippen LogP contribution in [0.25, 0.3) is 0 Å². The molecule has 0 saturated carbocycles. The maximum Gasteiger partial charge on any atom is 0.280 e. The van der Waals surface area contributed by atoms with E-state index < -0.39 is 5.24 Å². The first-order chi connectivity index (χ1) is 5.59. The lowest BCUT2D eigenvalue weighted by molar-refractivity contribution is 0.270. The molecule has 0 aromatic heterocycles. The molecule has 1 N–H and O–H groups in total. The summed E-state index contributed by atoms with van der Waals surface area (Å²) in [6.45, 7) is 0. The van der Waals surface area contributed by atoms with Crippen LogP contribution in [-0.4, -0.2) is 5.24 Å². The first-order valence-electron chi connectivity index (χ1n) is 3.04. The van der Waals surface area contributed by atoms with Crippen LogP contribution in [-0.2, 0) is 0 Å². The van der Waals surface area contributed by atoms with E-state index in [4.69, 9.17) is 23.2 Å². The molecular formula is C7H5Cl2NOS. The summed E-state index contributed by atoms with van der Waals surface area (Å²) in [4.78, 5) is 10.5. The van der Waals surface area contributed by atoms with Crippen molar-refractivity contribution in [2.24, 2.45) is 0 Å². The molecule has 1 amide bonds. The molecule has 0 aliphatic heterocycles. The van der Waals surface area contributed by atoms with Crippen molar-refractivity contribution in [3.05, 3.63) is 28.2 Å².